The number of fused-ring (bicyclic) bond motifs is 1. The second-order valence-corrected chi connectivity index (χ2v) is 8.62. The standard InChI is InChI=1S/C20H28N4OS/c25-20(13-19-5-4-12-26-19)23-14-17(7-11-22-9-2-1-3-10-22)15-24-18(16-23)6-8-21-24/h4-6,8,12,17H,1-3,7,9-11,13-16H2. The van der Waals surface area contributed by atoms with E-state index in [1.54, 1.807) is 11.3 Å². The Kier molecular flexibility index (Phi) is 5.70. The van der Waals surface area contributed by atoms with Crippen LogP contribution in [0.5, 0.6) is 0 Å². The molecule has 0 aromatic carbocycles. The summed E-state index contributed by atoms with van der Waals surface area (Å²) in [5.41, 5.74) is 1.16. The maximum atomic E-state index is 12.9. The first kappa shape index (κ1) is 17.7. The van der Waals surface area contributed by atoms with Crippen molar-refractivity contribution in [1.82, 2.24) is 19.6 Å². The van der Waals surface area contributed by atoms with Crippen molar-refractivity contribution in [3.05, 3.63) is 40.3 Å². The zero-order valence-corrected chi connectivity index (χ0v) is 16.2. The fraction of sp³-hybridized carbons (Fsp3) is 0.600. The first-order valence-electron chi connectivity index (χ1n) is 9.81. The topological polar surface area (TPSA) is 41.4 Å². The molecule has 0 aliphatic carbocycles. The van der Waals surface area contributed by atoms with Crippen LogP contribution in [0, 0.1) is 5.92 Å². The van der Waals surface area contributed by atoms with Crippen molar-refractivity contribution in [1.29, 1.82) is 0 Å². The highest BCUT2D eigenvalue weighted by Gasteiger charge is 2.26. The number of carbonyl (C=O) groups is 1. The summed E-state index contributed by atoms with van der Waals surface area (Å²) in [5, 5.41) is 6.54. The number of thiophene rings is 1. The minimum absolute atomic E-state index is 0.241. The average Bonchev–Trinajstić information content (AvgIpc) is 3.29. The summed E-state index contributed by atoms with van der Waals surface area (Å²) in [6.45, 7) is 6.08. The lowest BCUT2D eigenvalue weighted by Crippen LogP contribution is -2.37. The third kappa shape index (κ3) is 4.35. The molecule has 0 saturated carbocycles. The van der Waals surface area contributed by atoms with E-state index in [0.717, 1.165) is 36.6 Å². The molecule has 0 N–H and O–H groups in total. The smallest absolute Gasteiger partial charge is 0.228 e. The fourth-order valence-electron chi connectivity index (χ4n) is 4.13. The Balaban J connectivity index is 1.41. The van der Waals surface area contributed by atoms with Crippen molar-refractivity contribution in [2.45, 2.75) is 45.2 Å². The zero-order valence-electron chi connectivity index (χ0n) is 15.3. The van der Waals surface area contributed by atoms with Gasteiger partial charge in [-0.15, -0.1) is 11.3 Å². The molecule has 2 aromatic rings. The van der Waals surface area contributed by atoms with Gasteiger partial charge in [0, 0.05) is 24.2 Å². The maximum Gasteiger partial charge on any atom is 0.228 e. The third-order valence-electron chi connectivity index (χ3n) is 5.63. The third-order valence-corrected chi connectivity index (χ3v) is 6.50. The van der Waals surface area contributed by atoms with Gasteiger partial charge in [0.1, 0.15) is 0 Å². The molecule has 6 heteroatoms. The van der Waals surface area contributed by atoms with Crippen LogP contribution in [-0.4, -0.2) is 51.7 Å². The molecule has 2 aromatic heterocycles. The minimum atomic E-state index is 0.241. The molecule has 140 valence electrons. The lowest BCUT2D eigenvalue weighted by Gasteiger charge is -2.29. The SMILES string of the molecule is O=C(Cc1cccs1)N1Cc2ccnn2CC(CCN2CCCCC2)C1. The molecule has 1 unspecified atom stereocenters. The number of piperidine rings is 1. The van der Waals surface area contributed by atoms with E-state index >= 15 is 0 Å². The zero-order chi connectivity index (χ0) is 17.8. The molecule has 1 saturated heterocycles. The number of likely N-dealkylation sites (tertiary alicyclic amines) is 1. The monoisotopic (exact) mass is 372 g/mol. The van der Waals surface area contributed by atoms with Gasteiger partial charge in [0.05, 0.1) is 18.7 Å². The predicted molar refractivity (Wildman–Crippen MR) is 104 cm³/mol. The fourth-order valence-corrected chi connectivity index (χ4v) is 4.82. The quantitative estimate of drug-likeness (QED) is 0.810. The molecular formula is C20H28N4OS. The number of aromatic nitrogens is 2. The number of nitrogens with zero attached hydrogens (tertiary/aromatic N) is 4. The minimum Gasteiger partial charge on any atom is -0.336 e. The molecule has 0 bridgehead atoms. The summed E-state index contributed by atoms with van der Waals surface area (Å²) in [6.07, 6.45) is 7.57. The van der Waals surface area contributed by atoms with Gasteiger partial charge in [0.2, 0.25) is 5.91 Å². The Labute approximate surface area is 159 Å². The summed E-state index contributed by atoms with van der Waals surface area (Å²) in [7, 11) is 0. The Bertz CT molecular complexity index is 705. The first-order chi connectivity index (χ1) is 12.8. The average molecular weight is 373 g/mol. The highest BCUT2D eigenvalue weighted by atomic mass is 32.1. The van der Waals surface area contributed by atoms with Crippen LogP contribution in [0.25, 0.3) is 0 Å². The number of carbonyl (C=O) groups excluding carboxylic acids is 1. The van der Waals surface area contributed by atoms with Crippen LogP contribution in [-0.2, 0) is 24.3 Å². The van der Waals surface area contributed by atoms with E-state index < -0.39 is 0 Å². The molecule has 4 heterocycles. The van der Waals surface area contributed by atoms with Gasteiger partial charge >= 0.3 is 0 Å². The van der Waals surface area contributed by atoms with E-state index in [1.807, 2.05) is 17.6 Å². The van der Waals surface area contributed by atoms with Crippen molar-refractivity contribution < 1.29 is 4.79 Å². The van der Waals surface area contributed by atoms with Gasteiger partial charge in [0.25, 0.3) is 0 Å². The summed E-state index contributed by atoms with van der Waals surface area (Å²) in [4.78, 5) is 18.7. The Morgan fingerprint density at radius 1 is 1.19 bits per heavy atom. The van der Waals surface area contributed by atoms with Gasteiger partial charge < -0.3 is 9.80 Å². The molecular weight excluding hydrogens is 344 g/mol. The van der Waals surface area contributed by atoms with Gasteiger partial charge in [-0.2, -0.15) is 5.10 Å². The van der Waals surface area contributed by atoms with E-state index in [9.17, 15) is 4.79 Å². The van der Waals surface area contributed by atoms with Crippen LogP contribution >= 0.6 is 11.3 Å². The van der Waals surface area contributed by atoms with Crippen LogP contribution in [0.2, 0.25) is 0 Å². The van der Waals surface area contributed by atoms with Crippen LogP contribution in [0.4, 0.5) is 0 Å². The van der Waals surface area contributed by atoms with Gasteiger partial charge in [-0.3, -0.25) is 9.48 Å². The molecule has 26 heavy (non-hydrogen) atoms. The lowest BCUT2D eigenvalue weighted by molar-refractivity contribution is -0.131. The van der Waals surface area contributed by atoms with Crippen LogP contribution in [0.1, 0.15) is 36.3 Å². The van der Waals surface area contributed by atoms with E-state index in [0.29, 0.717) is 18.9 Å². The van der Waals surface area contributed by atoms with Gasteiger partial charge in [-0.1, -0.05) is 12.5 Å². The maximum absolute atomic E-state index is 12.9. The molecule has 5 nitrogen and oxygen atoms in total. The molecule has 0 radical (unpaired) electrons. The number of amides is 1. The molecule has 1 fully saturated rings. The summed E-state index contributed by atoms with van der Waals surface area (Å²) in [6, 6.07) is 6.13. The summed E-state index contributed by atoms with van der Waals surface area (Å²) in [5.74, 6) is 0.718. The van der Waals surface area contributed by atoms with Crippen molar-refractivity contribution in [3.8, 4) is 0 Å². The molecule has 1 atom stereocenters. The summed E-state index contributed by atoms with van der Waals surface area (Å²) >= 11 is 1.67. The van der Waals surface area contributed by atoms with E-state index in [1.165, 1.54) is 32.4 Å². The Morgan fingerprint density at radius 3 is 2.88 bits per heavy atom. The molecule has 1 amide bonds. The Hall–Kier alpha value is -1.66. The van der Waals surface area contributed by atoms with Gasteiger partial charge in [-0.05, 0) is 62.3 Å². The van der Waals surface area contributed by atoms with Crippen LogP contribution in [0.3, 0.4) is 0 Å². The number of hydrogen-bond acceptors (Lipinski definition) is 4. The first-order valence-corrected chi connectivity index (χ1v) is 10.7. The highest BCUT2D eigenvalue weighted by Crippen LogP contribution is 2.21. The largest absolute Gasteiger partial charge is 0.336 e. The lowest BCUT2D eigenvalue weighted by atomic mass is 10.0. The summed E-state index contributed by atoms with van der Waals surface area (Å²) < 4.78 is 2.11. The molecule has 2 aliphatic rings. The molecule has 0 spiro atoms. The second-order valence-electron chi connectivity index (χ2n) is 7.59. The van der Waals surface area contributed by atoms with E-state index in [-0.39, 0.29) is 5.91 Å². The van der Waals surface area contributed by atoms with Gasteiger partial charge in [0.15, 0.2) is 0 Å². The van der Waals surface area contributed by atoms with Crippen LogP contribution < -0.4 is 0 Å². The Morgan fingerprint density at radius 2 is 2.08 bits per heavy atom. The van der Waals surface area contributed by atoms with Crippen molar-refractivity contribution >= 4 is 17.2 Å². The van der Waals surface area contributed by atoms with Crippen LogP contribution in [0.15, 0.2) is 29.8 Å². The van der Waals surface area contributed by atoms with Crippen molar-refractivity contribution in [2.75, 3.05) is 26.2 Å². The van der Waals surface area contributed by atoms with E-state index in [4.69, 9.17) is 0 Å². The predicted octanol–water partition coefficient (Wildman–Crippen LogP) is 3.02. The molecule has 2 aliphatic heterocycles. The normalized spacial score (nSPS) is 21.4. The van der Waals surface area contributed by atoms with E-state index in [2.05, 4.69) is 31.7 Å². The van der Waals surface area contributed by atoms with Crippen molar-refractivity contribution in [2.24, 2.45) is 5.92 Å². The van der Waals surface area contributed by atoms with Crippen molar-refractivity contribution in [3.63, 3.8) is 0 Å². The number of rotatable bonds is 5. The van der Waals surface area contributed by atoms with Gasteiger partial charge in [-0.25, -0.2) is 0 Å². The number of hydrogen-bond donors (Lipinski definition) is 0. The second kappa shape index (κ2) is 8.35. The highest BCUT2D eigenvalue weighted by molar-refractivity contribution is 7.10. The molecule has 4 rings (SSSR count).